The van der Waals surface area contributed by atoms with Crippen LogP contribution in [0.2, 0.25) is 0 Å². The van der Waals surface area contributed by atoms with Gasteiger partial charge < -0.3 is 4.74 Å². The van der Waals surface area contributed by atoms with Crippen molar-refractivity contribution in [3.63, 3.8) is 0 Å². The zero-order valence-corrected chi connectivity index (χ0v) is 6.07. The molecule has 0 atom stereocenters. The molecular weight excluding hydrogens is 138 g/mol. The van der Waals surface area contributed by atoms with E-state index in [-0.39, 0.29) is 6.42 Å². The normalized spacial score (nSPS) is 11.5. The summed E-state index contributed by atoms with van der Waals surface area (Å²) in [5.74, 6) is -2.74. The lowest BCUT2D eigenvalue weighted by Gasteiger charge is -2.12. The van der Waals surface area contributed by atoms with Gasteiger partial charge in [-0.15, -0.1) is 6.58 Å². The number of alkyl halides is 2. The van der Waals surface area contributed by atoms with Crippen LogP contribution in [0.3, 0.4) is 0 Å². The largest absolute Gasteiger partial charge is 0.375 e. The molecular formula is C7H12F2O. The summed E-state index contributed by atoms with van der Waals surface area (Å²) in [7, 11) is 0. The number of allylic oxidation sites excluding steroid dienone is 1. The minimum atomic E-state index is -2.74. The highest BCUT2D eigenvalue weighted by molar-refractivity contribution is 4.78. The Bertz CT molecular complexity index is 102. The van der Waals surface area contributed by atoms with Gasteiger partial charge in [-0.1, -0.05) is 6.08 Å². The molecule has 0 radical (unpaired) electrons. The highest BCUT2D eigenvalue weighted by Gasteiger charge is 2.26. The van der Waals surface area contributed by atoms with Gasteiger partial charge in [-0.3, -0.25) is 0 Å². The fraction of sp³-hybridized carbons (Fsp3) is 0.714. The Hall–Kier alpha value is -0.440. The van der Waals surface area contributed by atoms with Crippen LogP contribution in [0.15, 0.2) is 12.7 Å². The van der Waals surface area contributed by atoms with E-state index in [2.05, 4.69) is 11.3 Å². The third kappa shape index (κ3) is 4.44. The van der Waals surface area contributed by atoms with Gasteiger partial charge >= 0.3 is 0 Å². The van der Waals surface area contributed by atoms with Gasteiger partial charge in [-0.25, -0.2) is 8.78 Å². The Morgan fingerprint density at radius 1 is 1.60 bits per heavy atom. The Morgan fingerprint density at radius 2 is 2.20 bits per heavy atom. The van der Waals surface area contributed by atoms with Crippen LogP contribution in [-0.2, 0) is 4.74 Å². The molecule has 0 heterocycles. The zero-order valence-electron chi connectivity index (χ0n) is 6.07. The fourth-order valence-corrected chi connectivity index (χ4v) is 0.521. The summed E-state index contributed by atoms with van der Waals surface area (Å²) in [5, 5.41) is 0. The van der Waals surface area contributed by atoms with Gasteiger partial charge in [0.15, 0.2) is 0 Å². The second-order valence-corrected chi connectivity index (χ2v) is 1.99. The van der Waals surface area contributed by atoms with E-state index in [0.29, 0.717) is 6.61 Å². The first kappa shape index (κ1) is 9.56. The van der Waals surface area contributed by atoms with Crippen molar-refractivity contribution in [3.05, 3.63) is 12.7 Å². The molecule has 0 saturated carbocycles. The number of halogens is 2. The SMILES string of the molecule is C=CCC(F)(F)COCC. The summed E-state index contributed by atoms with van der Waals surface area (Å²) in [4.78, 5) is 0. The highest BCUT2D eigenvalue weighted by atomic mass is 19.3. The van der Waals surface area contributed by atoms with Gasteiger partial charge in [0.2, 0.25) is 0 Å². The van der Waals surface area contributed by atoms with Crippen molar-refractivity contribution in [3.8, 4) is 0 Å². The predicted molar refractivity (Wildman–Crippen MR) is 36.3 cm³/mol. The molecule has 0 unspecified atom stereocenters. The summed E-state index contributed by atoms with van der Waals surface area (Å²) in [5.41, 5.74) is 0. The van der Waals surface area contributed by atoms with E-state index in [4.69, 9.17) is 0 Å². The number of hydrogen-bond acceptors (Lipinski definition) is 1. The summed E-state index contributed by atoms with van der Waals surface area (Å²) in [6, 6.07) is 0. The molecule has 0 amide bonds. The van der Waals surface area contributed by atoms with Gasteiger partial charge in [0.1, 0.15) is 6.61 Å². The van der Waals surface area contributed by atoms with Crippen LogP contribution in [0.4, 0.5) is 8.78 Å². The molecule has 0 aliphatic carbocycles. The molecule has 0 aromatic heterocycles. The molecule has 0 aromatic rings. The van der Waals surface area contributed by atoms with Crippen molar-refractivity contribution in [1.29, 1.82) is 0 Å². The molecule has 0 rings (SSSR count). The van der Waals surface area contributed by atoms with E-state index < -0.39 is 12.5 Å². The lowest BCUT2D eigenvalue weighted by atomic mass is 10.2. The Morgan fingerprint density at radius 3 is 2.60 bits per heavy atom. The van der Waals surface area contributed by atoms with Crippen molar-refractivity contribution in [2.24, 2.45) is 0 Å². The molecule has 0 aliphatic heterocycles. The Labute approximate surface area is 59.7 Å². The number of rotatable bonds is 5. The number of ether oxygens (including phenoxy) is 1. The zero-order chi connectivity index (χ0) is 8.04. The average Bonchev–Trinajstić information content (AvgIpc) is 1.84. The van der Waals surface area contributed by atoms with Gasteiger partial charge in [-0.05, 0) is 6.92 Å². The molecule has 0 saturated heterocycles. The van der Waals surface area contributed by atoms with Crippen molar-refractivity contribution in [2.45, 2.75) is 19.3 Å². The predicted octanol–water partition coefficient (Wildman–Crippen LogP) is 2.23. The highest BCUT2D eigenvalue weighted by Crippen LogP contribution is 2.18. The minimum Gasteiger partial charge on any atom is -0.375 e. The van der Waals surface area contributed by atoms with Crippen LogP contribution >= 0.6 is 0 Å². The van der Waals surface area contributed by atoms with Crippen LogP contribution < -0.4 is 0 Å². The van der Waals surface area contributed by atoms with Crippen LogP contribution in [0.25, 0.3) is 0 Å². The monoisotopic (exact) mass is 150 g/mol. The third-order valence-corrected chi connectivity index (χ3v) is 0.960. The lowest BCUT2D eigenvalue weighted by Crippen LogP contribution is -2.22. The van der Waals surface area contributed by atoms with Gasteiger partial charge in [0.05, 0.1) is 0 Å². The summed E-state index contributed by atoms with van der Waals surface area (Å²) >= 11 is 0. The van der Waals surface area contributed by atoms with E-state index >= 15 is 0 Å². The summed E-state index contributed by atoms with van der Waals surface area (Å²) in [6.07, 6.45) is 0.881. The molecule has 60 valence electrons. The molecule has 10 heavy (non-hydrogen) atoms. The minimum absolute atomic E-state index is 0.312. The van der Waals surface area contributed by atoms with E-state index in [1.165, 1.54) is 6.08 Å². The van der Waals surface area contributed by atoms with Crippen LogP contribution in [-0.4, -0.2) is 19.1 Å². The number of hydrogen-bond donors (Lipinski definition) is 0. The van der Waals surface area contributed by atoms with Crippen molar-refractivity contribution < 1.29 is 13.5 Å². The van der Waals surface area contributed by atoms with Gasteiger partial charge in [0.25, 0.3) is 5.92 Å². The lowest BCUT2D eigenvalue weighted by molar-refractivity contribution is -0.0715. The van der Waals surface area contributed by atoms with Crippen LogP contribution in [0.1, 0.15) is 13.3 Å². The van der Waals surface area contributed by atoms with E-state index in [1.54, 1.807) is 6.92 Å². The van der Waals surface area contributed by atoms with Crippen molar-refractivity contribution in [1.82, 2.24) is 0 Å². The van der Waals surface area contributed by atoms with Crippen LogP contribution in [0, 0.1) is 0 Å². The molecule has 1 nitrogen and oxygen atoms in total. The molecule has 0 bridgehead atoms. The molecule has 0 N–H and O–H groups in total. The summed E-state index contributed by atoms with van der Waals surface area (Å²) in [6.45, 7) is 4.72. The summed E-state index contributed by atoms with van der Waals surface area (Å²) < 4.78 is 29.4. The molecule has 0 aromatic carbocycles. The van der Waals surface area contributed by atoms with Crippen molar-refractivity contribution >= 4 is 0 Å². The van der Waals surface area contributed by atoms with E-state index in [9.17, 15) is 8.78 Å². The smallest absolute Gasteiger partial charge is 0.274 e. The average molecular weight is 150 g/mol. The van der Waals surface area contributed by atoms with E-state index in [1.807, 2.05) is 0 Å². The van der Waals surface area contributed by atoms with Gasteiger partial charge in [0, 0.05) is 13.0 Å². The molecule has 3 heteroatoms. The second kappa shape index (κ2) is 4.39. The first-order valence-electron chi connectivity index (χ1n) is 3.19. The fourth-order valence-electron chi connectivity index (χ4n) is 0.521. The van der Waals surface area contributed by atoms with Gasteiger partial charge in [-0.2, -0.15) is 0 Å². The second-order valence-electron chi connectivity index (χ2n) is 1.99. The topological polar surface area (TPSA) is 9.23 Å². The van der Waals surface area contributed by atoms with E-state index in [0.717, 1.165) is 0 Å². The first-order valence-corrected chi connectivity index (χ1v) is 3.19. The quantitative estimate of drug-likeness (QED) is 0.546. The maximum absolute atomic E-state index is 12.4. The standard InChI is InChI=1S/C7H12F2O/c1-3-5-7(8,9)6-10-4-2/h3H,1,4-6H2,2H3. The maximum Gasteiger partial charge on any atom is 0.274 e. The Kier molecular flexibility index (Phi) is 4.19. The molecule has 0 spiro atoms. The molecule has 0 aliphatic rings. The van der Waals surface area contributed by atoms with Crippen molar-refractivity contribution in [2.75, 3.05) is 13.2 Å². The molecule has 0 fully saturated rings. The Balaban J connectivity index is 3.51. The van der Waals surface area contributed by atoms with Crippen LogP contribution in [0.5, 0.6) is 0 Å². The maximum atomic E-state index is 12.4. The third-order valence-electron chi connectivity index (χ3n) is 0.960. The first-order chi connectivity index (χ1) is 4.62.